The van der Waals surface area contributed by atoms with Crippen molar-refractivity contribution in [3.05, 3.63) is 53.6 Å². The maximum atomic E-state index is 12.4. The van der Waals surface area contributed by atoms with Gasteiger partial charge in [-0.15, -0.1) is 0 Å². The number of sulfonamides is 1. The molecule has 2 aromatic rings. The number of nitrogens with one attached hydrogen (secondary N) is 1. The van der Waals surface area contributed by atoms with Crippen molar-refractivity contribution in [3.8, 4) is 0 Å². The zero-order chi connectivity index (χ0) is 18.9. The third kappa shape index (κ3) is 4.04. The van der Waals surface area contributed by atoms with Gasteiger partial charge >= 0.3 is 0 Å². The summed E-state index contributed by atoms with van der Waals surface area (Å²) in [6.07, 6.45) is 0.101. The Kier molecular flexibility index (Phi) is 4.99. The number of nitrogens with zero attached hydrogens (tertiary/aromatic N) is 1. The highest BCUT2D eigenvalue weighted by molar-refractivity contribution is 7.89. The SMILES string of the molecule is NS(=O)(=O)c1ccc(NC(=O)[C@H]2CC(=O)N(c3ccc(Cl)cc3)C2)cc1. The molecule has 0 aromatic heterocycles. The molecule has 1 fully saturated rings. The minimum atomic E-state index is -3.79. The highest BCUT2D eigenvalue weighted by Crippen LogP contribution is 2.27. The van der Waals surface area contributed by atoms with Crippen LogP contribution in [0.4, 0.5) is 11.4 Å². The van der Waals surface area contributed by atoms with Crippen molar-refractivity contribution in [2.75, 3.05) is 16.8 Å². The number of anilines is 2. The predicted molar refractivity (Wildman–Crippen MR) is 98.4 cm³/mol. The van der Waals surface area contributed by atoms with Gasteiger partial charge in [-0.25, -0.2) is 13.6 Å². The van der Waals surface area contributed by atoms with Gasteiger partial charge in [0.25, 0.3) is 0 Å². The number of hydrogen-bond acceptors (Lipinski definition) is 4. The van der Waals surface area contributed by atoms with Gasteiger partial charge in [0.1, 0.15) is 0 Å². The first kappa shape index (κ1) is 18.4. The molecular formula is C17H16ClN3O4S. The molecule has 0 spiro atoms. The summed E-state index contributed by atoms with van der Waals surface area (Å²) in [5.74, 6) is -0.952. The lowest BCUT2D eigenvalue weighted by Crippen LogP contribution is -2.28. The van der Waals surface area contributed by atoms with Crippen molar-refractivity contribution in [1.29, 1.82) is 0 Å². The zero-order valence-electron chi connectivity index (χ0n) is 13.6. The molecule has 7 nitrogen and oxygen atoms in total. The van der Waals surface area contributed by atoms with Gasteiger partial charge in [0, 0.05) is 29.4 Å². The van der Waals surface area contributed by atoms with Gasteiger partial charge in [0.2, 0.25) is 21.8 Å². The van der Waals surface area contributed by atoms with E-state index in [9.17, 15) is 18.0 Å². The van der Waals surface area contributed by atoms with E-state index in [0.29, 0.717) is 16.4 Å². The second kappa shape index (κ2) is 7.06. The Hall–Kier alpha value is -2.42. The maximum Gasteiger partial charge on any atom is 0.238 e. The Morgan fingerprint density at radius 2 is 1.73 bits per heavy atom. The molecule has 1 saturated heterocycles. The lowest BCUT2D eigenvalue weighted by Gasteiger charge is -2.16. The summed E-state index contributed by atoms with van der Waals surface area (Å²) in [5.41, 5.74) is 1.12. The van der Waals surface area contributed by atoms with Crippen molar-refractivity contribution in [1.82, 2.24) is 0 Å². The number of amides is 2. The molecule has 0 bridgehead atoms. The van der Waals surface area contributed by atoms with Crippen molar-refractivity contribution in [3.63, 3.8) is 0 Å². The molecule has 1 aliphatic rings. The van der Waals surface area contributed by atoms with E-state index in [1.54, 1.807) is 29.2 Å². The molecule has 1 aliphatic heterocycles. The first-order chi connectivity index (χ1) is 12.2. The third-order valence-corrected chi connectivity index (χ3v) is 5.27. The van der Waals surface area contributed by atoms with Crippen molar-refractivity contribution >= 4 is 44.8 Å². The minimum Gasteiger partial charge on any atom is -0.326 e. The van der Waals surface area contributed by atoms with Gasteiger partial charge in [0.15, 0.2) is 0 Å². The van der Waals surface area contributed by atoms with Crippen molar-refractivity contribution in [2.45, 2.75) is 11.3 Å². The highest BCUT2D eigenvalue weighted by Gasteiger charge is 2.35. The van der Waals surface area contributed by atoms with E-state index < -0.39 is 15.9 Å². The Morgan fingerprint density at radius 3 is 2.31 bits per heavy atom. The van der Waals surface area contributed by atoms with E-state index in [0.717, 1.165) is 0 Å². The van der Waals surface area contributed by atoms with Gasteiger partial charge in [-0.3, -0.25) is 9.59 Å². The summed E-state index contributed by atoms with van der Waals surface area (Å²) < 4.78 is 22.5. The van der Waals surface area contributed by atoms with Crippen LogP contribution < -0.4 is 15.4 Å². The molecular weight excluding hydrogens is 378 g/mol. The molecule has 9 heteroatoms. The number of primary sulfonamides is 1. The van der Waals surface area contributed by atoms with Gasteiger partial charge in [-0.1, -0.05) is 11.6 Å². The number of nitrogens with two attached hydrogens (primary N) is 1. The fourth-order valence-corrected chi connectivity index (χ4v) is 3.37. The number of halogens is 1. The summed E-state index contributed by atoms with van der Waals surface area (Å²) in [6.45, 7) is 0.265. The highest BCUT2D eigenvalue weighted by atomic mass is 35.5. The lowest BCUT2D eigenvalue weighted by molar-refractivity contribution is -0.122. The van der Waals surface area contributed by atoms with Crippen LogP contribution in [0.25, 0.3) is 0 Å². The number of rotatable bonds is 4. The molecule has 0 aliphatic carbocycles. The average molecular weight is 394 g/mol. The van der Waals surface area contributed by atoms with E-state index in [2.05, 4.69) is 5.32 Å². The van der Waals surface area contributed by atoms with Crippen LogP contribution >= 0.6 is 11.6 Å². The lowest BCUT2D eigenvalue weighted by atomic mass is 10.1. The molecule has 2 aromatic carbocycles. The van der Waals surface area contributed by atoms with Crippen LogP contribution in [-0.4, -0.2) is 26.8 Å². The number of carbonyl (C=O) groups is 2. The Labute approximate surface area is 155 Å². The average Bonchev–Trinajstić information content (AvgIpc) is 2.97. The number of carbonyl (C=O) groups excluding carboxylic acids is 2. The molecule has 1 atom stereocenters. The third-order valence-electron chi connectivity index (χ3n) is 4.08. The van der Waals surface area contributed by atoms with Gasteiger partial charge in [-0.05, 0) is 48.5 Å². The molecule has 3 rings (SSSR count). The van der Waals surface area contributed by atoms with Crippen LogP contribution in [0.15, 0.2) is 53.4 Å². The molecule has 0 unspecified atom stereocenters. The van der Waals surface area contributed by atoms with Gasteiger partial charge < -0.3 is 10.2 Å². The fourth-order valence-electron chi connectivity index (χ4n) is 2.73. The smallest absolute Gasteiger partial charge is 0.238 e. The van der Waals surface area contributed by atoms with Crippen LogP contribution in [0.3, 0.4) is 0 Å². The Morgan fingerprint density at radius 1 is 1.12 bits per heavy atom. The molecule has 136 valence electrons. The fraction of sp³-hybridized carbons (Fsp3) is 0.176. The summed E-state index contributed by atoms with van der Waals surface area (Å²) >= 11 is 5.85. The van der Waals surface area contributed by atoms with E-state index in [-0.39, 0.29) is 29.7 Å². The monoisotopic (exact) mass is 393 g/mol. The summed E-state index contributed by atoms with van der Waals surface area (Å²) in [4.78, 5) is 26.1. The topological polar surface area (TPSA) is 110 Å². The number of hydrogen-bond donors (Lipinski definition) is 2. The van der Waals surface area contributed by atoms with E-state index in [1.165, 1.54) is 24.3 Å². The summed E-state index contributed by atoms with van der Waals surface area (Å²) in [7, 11) is -3.79. The van der Waals surface area contributed by atoms with E-state index in [1.807, 2.05) is 0 Å². The van der Waals surface area contributed by atoms with Crippen LogP contribution in [0, 0.1) is 5.92 Å². The first-order valence-electron chi connectivity index (χ1n) is 7.74. The van der Waals surface area contributed by atoms with Crippen molar-refractivity contribution in [2.24, 2.45) is 11.1 Å². The predicted octanol–water partition coefficient (Wildman–Crippen LogP) is 1.98. The van der Waals surface area contributed by atoms with Crippen molar-refractivity contribution < 1.29 is 18.0 Å². The van der Waals surface area contributed by atoms with Crippen LogP contribution in [0.1, 0.15) is 6.42 Å². The molecule has 1 heterocycles. The maximum absolute atomic E-state index is 12.4. The Bertz CT molecular complexity index is 943. The van der Waals surface area contributed by atoms with Crippen LogP contribution in [-0.2, 0) is 19.6 Å². The molecule has 2 amide bonds. The molecule has 0 saturated carbocycles. The minimum absolute atomic E-state index is 0.0412. The largest absolute Gasteiger partial charge is 0.326 e. The molecule has 3 N–H and O–H groups in total. The molecule has 26 heavy (non-hydrogen) atoms. The quantitative estimate of drug-likeness (QED) is 0.827. The molecule has 0 radical (unpaired) electrons. The standard InChI is InChI=1S/C17H16ClN3O4S/c18-12-1-5-14(6-2-12)21-10-11(9-16(21)22)17(23)20-13-3-7-15(8-4-13)26(19,24)25/h1-8,11H,9-10H2,(H,20,23)(H2,19,24,25)/t11-/m0/s1. The Balaban J connectivity index is 1.67. The van der Waals surface area contributed by atoms with E-state index in [4.69, 9.17) is 16.7 Å². The second-order valence-corrected chi connectivity index (χ2v) is 7.94. The normalized spacial score (nSPS) is 17.4. The van der Waals surface area contributed by atoms with Crippen LogP contribution in [0.2, 0.25) is 5.02 Å². The summed E-state index contributed by atoms with van der Waals surface area (Å²) in [6, 6.07) is 12.3. The zero-order valence-corrected chi connectivity index (χ0v) is 15.1. The van der Waals surface area contributed by atoms with Gasteiger partial charge in [-0.2, -0.15) is 0 Å². The second-order valence-electron chi connectivity index (χ2n) is 5.94. The first-order valence-corrected chi connectivity index (χ1v) is 9.66. The number of benzene rings is 2. The summed E-state index contributed by atoms with van der Waals surface area (Å²) in [5, 5.41) is 8.29. The van der Waals surface area contributed by atoms with Gasteiger partial charge in [0.05, 0.1) is 10.8 Å². The van der Waals surface area contributed by atoms with E-state index >= 15 is 0 Å². The van der Waals surface area contributed by atoms with Crippen LogP contribution in [0.5, 0.6) is 0 Å².